The third-order valence-electron chi connectivity index (χ3n) is 3.47. The zero-order valence-electron chi connectivity index (χ0n) is 12.4. The fourth-order valence-corrected chi connectivity index (χ4v) is 3.40. The highest BCUT2D eigenvalue weighted by Crippen LogP contribution is 2.20. The van der Waals surface area contributed by atoms with Crippen LogP contribution in [0, 0.1) is 0 Å². The summed E-state index contributed by atoms with van der Waals surface area (Å²) in [6, 6.07) is 3.17. The minimum absolute atomic E-state index is 0.000213. The molecule has 116 valence electrons. The highest BCUT2D eigenvalue weighted by atomic mass is 32.2. The minimum atomic E-state index is -0.0288. The van der Waals surface area contributed by atoms with Crippen molar-refractivity contribution in [2.75, 3.05) is 24.2 Å². The van der Waals surface area contributed by atoms with Crippen LogP contribution in [0.15, 0.2) is 23.1 Å². The highest BCUT2D eigenvalue weighted by Gasteiger charge is 2.15. The van der Waals surface area contributed by atoms with Gasteiger partial charge in [0, 0.05) is 24.1 Å². The van der Waals surface area contributed by atoms with Gasteiger partial charge in [0.25, 0.3) is 5.56 Å². The van der Waals surface area contributed by atoms with Gasteiger partial charge in [-0.2, -0.15) is 0 Å². The molecular formula is C15H23N3O2S. The lowest BCUT2D eigenvalue weighted by atomic mass is 10.2. The predicted molar refractivity (Wildman–Crippen MR) is 88.0 cm³/mol. The summed E-state index contributed by atoms with van der Waals surface area (Å²) in [6.45, 7) is 4.78. The Morgan fingerprint density at radius 1 is 1.43 bits per heavy atom. The Bertz CT molecular complexity index is 524. The van der Waals surface area contributed by atoms with Gasteiger partial charge in [-0.3, -0.25) is 9.59 Å². The van der Waals surface area contributed by atoms with E-state index in [9.17, 15) is 9.59 Å². The summed E-state index contributed by atoms with van der Waals surface area (Å²) < 4.78 is 1.63. The average molecular weight is 309 g/mol. The molecule has 1 aromatic heterocycles. The normalized spacial score (nSPS) is 15.9. The first-order valence-corrected chi connectivity index (χ1v) is 8.56. The van der Waals surface area contributed by atoms with Gasteiger partial charge in [0.1, 0.15) is 0 Å². The Balaban J connectivity index is 1.84. The number of carbonyl (C=O) groups excluding carboxylic acids is 1. The van der Waals surface area contributed by atoms with Crippen LogP contribution in [0.4, 0.5) is 5.69 Å². The molecule has 0 aliphatic carbocycles. The molecule has 1 amide bonds. The van der Waals surface area contributed by atoms with Crippen molar-refractivity contribution < 1.29 is 4.79 Å². The molecule has 0 bridgehead atoms. The number of amides is 1. The molecule has 2 N–H and O–H groups in total. The Morgan fingerprint density at radius 2 is 2.19 bits per heavy atom. The largest absolute Gasteiger partial charge is 0.324 e. The molecule has 1 aliphatic rings. The summed E-state index contributed by atoms with van der Waals surface area (Å²) in [5, 5.41) is 6.77. The van der Waals surface area contributed by atoms with Gasteiger partial charge in [0.05, 0.1) is 11.4 Å². The third kappa shape index (κ3) is 5.21. The highest BCUT2D eigenvalue weighted by molar-refractivity contribution is 8.00. The van der Waals surface area contributed by atoms with Crippen molar-refractivity contribution in [3.05, 3.63) is 28.7 Å². The molecule has 0 radical (unpaired) electrons. The van der Waals surface area contributed by atoms with E-state index < -0.39 is 0 Å². The monoisotopic (exact) mass is 309 g/mol. The number of carbonyl (C=O) groups is 1. The maximum absolute atomic E-state index is 12.0. The second-order valence-electron chi connectivity index (χ2n) is 5.26. The molecule has 0 spiro atoms. The lowest BCUT2D eigenvalue weighted by Gasteiger charge is -2.21. The number of piperidine rings is 1. The van der Waals surface area contributed by atoms with Crippen LogP contribution in [0.1, 0.15) is 26.2 Å². The van der Waals surface area contributed by atoms with Crippen molar-refractivity contribution in [1.82, 2.24) is 9.88 Å². The van der Waals surface area contributed by atoms with Gasteiger partial charge in [-0.15, -0.1) is 11.8 Å². The van der Waals surface area contributed by atoms with Crippen molar-refractivity contribution in [1.29, 1.82) is 0 Å². The number of aromatic nitrogens is 1. The van der Waals surface area contributed by atoms with E-state index >= 15 is 0 Å². The van der Waals surface area contributed by atoms with E-state index in [1.807, 2.05) is 6.92 Å². The lowest BCUT2D eigenvalue weighted by molar-refractivity contribution is -0.113. The van der Waals surface area contributed by atoms with Crippen molar-refractivity contribution in [2.45, 2.75) is 38.0 Å². The first-order chi connectivity index (χ1) is 10.2. The van der Waals surface area contributed by atoms with Crippen molar-refractivity contribution in [3.8, 4) is 0 Å². The molecule has 6 heteroatoms. The molecule has 0 aromatic carbocycles. The molecule has 1 aromatic rings. The maximum Gasteiger partial charge on any atom is 0.250 e. The fourth-order valence-electron chi connectivity index (χ4n) is 2.37. The van der Waals surface area contributed by atoms with Crippen LogP contribution in [-0.4, -0.2) is 34.6 Å². The average Bonchev–Trinajstić information content (AvgIpc) is 2.50. The number of anilines is 1. The first kappa shape index (κ1) is 16.1. The minimum Gasteiger partial charge on any atom is -0.324 e. The van der Waals surface area contributed by atoms with E-state index in [-0.39, 0.29) is 11.5 Å². The number of hydrogen-bond donors (Lipinski definition) is 2. The van der Waals surface area contributed by atoms with E-state index in [2.05, 4.69) is 10.6 Å². The van der Waals surface area contributed by atoms with Crippen molar-refractivity contribution >= 4 is 23.4 Å². The molecule has 21 heavy (non-hydrogen) atoms. The topological polar surface area (TPSA) is 63.1 Å². The van der Waals surface area contributed by atoms with Gasteiger partial charge in [0.15, 0.2) is 0 Å². The smallest absolute Gasteiger partial charge is 0.250 e. The Hall–Kier alpha value is -1.27. The van der Waals surface area contributed by atoms with E-state index in [1.165, 1.54) is 6.07 Å². The van der Waals surface area contributed by atoms with Crippen LogP contribution >= 0.6 is 11.8 Å². The summed E-state index contributed by atoms with van der Waals surface area (Å²) in [4.78, 5) is 23.6. The molecule has 0 unspecified atom stereocenters. The quantitative estimate of drug-likeness (QED) is 0.839. The summed E-state index contributed by atoms with van der Waals surface area (Å²) in [7, 11) is 0. The first-order valence-electron chi connectivity index (χ1n) is 7.51. The molecular weight excluding hydrogens is 286 g/mol. The Kier molecular flexibility index (Phi) is 6.32. The number of thioether (sulfide) groups is 1. The van der Waals surface area contributed by atoms with Crippen LogP contribution in [0.5, 0.6) is 0 Å². The van der Waals surface area contributed by atoms with Gasteiger partial charge >= 0.3 is 0 Å². The second-order valence-corrected chi connectivity index (χ2v) is 6.55. The number of hydrogen-bond acceptors (Lipinski definition) is 4. The maximum atomic E-state index is 12.0. The van der Waals surface area contributed by atoms with Crippen LogP contribution in [-0.2, 0) is 11.3 Å². The van der Waals surface area contributed by atoms with Gasteiger partial charge in [-0.25, -0.2) is 0 Å². The van der Waals surface area contributed by atoms with Gasteiger partial charge in [-0.05, 0) is 38.4 Å². The molecule has 1 aliphatic heterocycles. The number of nitrogens with one attached hydrogen (secondary N) is 2. The lowest BCUT2D eigenvalue weighted by Crippen LogP contribution is -2.30. The number of nitrogens with zero attached hydrogens (tertiary/aromatic N) is 1. The predicted octanol–water partition coefficient (Wildman–Crippen LogP) is 1.68. The zero-order valence-corrected chi connectivity index (χ0v) is 13.2. The van der Waals surface area contributed by atoms with E-state index in [4.69, 9.17) is 0 Å². The molecule has 1 fully saturated rings. The van der Waals surface area contributed by atoms with E-state index in [1.54, 1.807) is 28.6 Å². The molecule has 5 nitrogen and oxygen atoms in total. The summed E-state index contributed by atoms with van der Waals surface area (Å²) in [6.07, 6.45) is 4.86. The fraction of sp³-hybridized carbons (Fsp3) is 0.600. The molecule has 2 rings (SSSR count). The SMILES string of the molecule is CCCn1cc(NC(=O)CSC2CCNCC2)ccc1=O. The Labute approximate surface area is 129 Å². The molecule has 0 atom stereocenters. The van der Waals surface area contributed by atoms with E-state index in [0.717, 1.165) is 32.4 Å². The van der Waals surface area contributed by atoms with Crippen molar-refractivity contribution in [2.24, 2.45) is 0 Å². The van der Waals surface area contributed by atoms with Crippen LogP contribution < -0.4 is 16.2 Å². The number of aryl methyl sites for hydroxylation is 1. The summed E-state index contributed by atoms with van der Waals surface area (Å²) in [5.74, 6) is 0.470. The molecule has 1 saturated heterocycles. The standard InChI is InChI=1S/C15H23N3O2S/c1-2-9-18-10-12(3-4-15(18)20)17-14(19)11-21-13-5-7-16-8-6-13/h3-4,10,13,16H,2,5-9,11H2,1H3,(H,17,19). The molecule has 0 saturated carbocycles. The Morgan fingerprint density at radius 3 is 2.90 bits per heavy atom. The van der Waals surface area contributed by atoms with Crippen LogP contribution in [0.3, 0.4) is 0 Å². The van der Waals surface area contributed by atoms with Crippen molar-refractivity contribution in [3.63, 3.8) is 0 Å². The van der Waals surface area contributed by atoms with Gasteiger partial charge in [-0.1, -0.05) is 6.92 Å². The summed E-state index contributed by atoms with van der Waals surface area (Å²) >= 11 is 1.72. The third-order valence-corrected chi connectivity index (χ3v) is 4.84. The zero-order chi connectivity index (χ0) is 15.1. The number of pyridine rings is 1. The second kappa shape index (κ2) is 8.24. The summed E-state index contributed by atoms with van der Waals surface area (Å²) in [5.41, 5.74) is 0.665. The van der Waals surface area contributed by atoms with E-state index in [0.29, 0.717) is 23.2 Å². The number of rotatable bonds is 6. The molecule has 2 heterocycles. The van der Waals surface area contributed by atoms with Gasteiger partial charge < -0.3 is 15.2 Å². The van der Waals surface area contributed by atoms with Crippen LogP contribution in [0.25, 0.3) is 0 Å². The van der Waals surface area contributed by atoms with Crippen LogP contribution in [0.2, 0.25) is 0 Å². The van der Waals surface area contributed by atoms with Gasteiger partial charge in [0.2, 0.25) is 5.91 Å².